The lowest BCUT2D eigenvalue weighted by molar-refractivity contribution is 0.665. The average Bonchev–Trinajstić information content (AvgIpc) is 2.44. The molecule has 2 aromatic carbocycles. The average molecular weight is 308 g/mol. The lowest BCUT2D eigenvalue weighted by Crippen LogP contribution is -2.25. The summed E-state index contributed by atoms with van der Waals surface area (Å²) >= 11 is 12.4. The Morgan fingerprint density at radius 3 is 2.00 bits per heavy atom. The number of hydrogen-bond donors (Lipinski definition) is 1. The van der Waals surface area contributed by atoms with Gasteiger partial charge in [-0.05, 0) is 48.1 Å². The molecule has 3 heteroatoms. The van der Waals surface area contributed by atoms with Crippen LogP contribution in [0.3, 0.4) is 0 Å². The van der Waals surface area contributed by atoms with E-state index in [1.807, 2.05) is 18.2 Å². The zero-order valence-electron chi connectivity index (χ0n) is 11.6. The van der Waals surface area contributed by atoms with Crippen molar-refractivity contribution in [1.82, 2.24) is 0 Å². The molecule has 0 saturated carbocycles. The highest BCUT2D eigenvalue weighted by Gasteiger charge is 2.11. The van der Waals surface area contributed by atoms with E-state index in [0.717, 1.165) is 18.4 Å². The van der Waals surface area contributed by atoms with Crippen molar-refractivity contribution in [2.75, 3.05) is 0 Å². The molecule has 0 aliphatic heterocycles. The number of halogens is 2. The minimum Gasteiger partial charge on any atom is -0.327 e. The van der Waals surface area contributed by atoms with Gasteiger partial charge in [-0.25, -0.2) is 0 Å². The molecule has 1 atom stereocenters. The molecule has 20 heavy (non-hydrogen) atoms. The van der Waals surface area contributed by atoms with Gasteiger partial charge in [0.25, 0.3) is 0 Å². The molecule has 0 heterocycles. The number of hydrogen-bond acceptors (Lipinski definition) is 1. The van der Waals surface area contributed by atoms with E-state index in [1.54, 1.807) is 0 Å². The second kappa shape index (κ2) is 7.12. The summed E-state index contributed by atoms with van der Waals surface area (Å²) < 4.78 is 0. The standard InChI is InChI=1S/C17H19Cl2N/c1-2-12-6-8-13(9-7-12)10-14(20)11-15-16(18)4-3-5-17(15)19/h3-9,14H,2,10-11,20H2,1H3. The van der Waals surface area contributed by atoms with Crippen LogP contribution >= 0.6 is 23.2 Å². The van der Waals surface area contributed by atoms with Gasteiger partial charge < -0.3 is 5.73 Å². The summed E-state index contributed by atoms with van der Waals surface area (Å²) in [5.74, 6) is 0. The molecule has 2 N–H and O–H groups in total. The summed E-state index contributed by atoms with van der Waals surface area (Å²) in [6.07, 6.45) is 2.57. The van der Waals surface area contributed by atoms with Gasteiger partial charge in [0.2, 0.25) is 0 Å². The van der Waals surface area contributed by atoms with Crippen molar-refractivity contribution in [3.05, 3.63) is 69.2 Å². The summed E-state index contributed by atoms with van der Waals surface area (Å²) in [5.41, 5.74) is 9.76. The van der Waals surface area contributed by atoms with Gasteiger partial charge in [-0.2, -0.15) is 0 Å². The molecule has 0 aliphatic carbocycles. The Balaban J connectivity index is 2.03. The Bertz CT molecular complexity index is 543. The predicted molar refractivity (Wildman–Crippen MR) is 87.7 cm³/mol. The molecule has 0 aromatic heterocycles. The third-order valence-corrected chi connectivity index (χ3v) is 4.17. The van der Waals surface area contributed by atoms with Crippen LogP contribution in [0.4, 0.5) is 0 Å². The topological polar surface area (TPSA) is 26.0 Å². The van der Waals surface area contributed by atoms with Crippen molar-refractivity contribution in [3.8, 4) is 0 Å². The number of benzene rings is 2. The fraction of sp³-hybridized carbons (Fsp3) is 0.294. The number of aryl methyl sites for hydroxylation is 1. The lowest BCUT2D eigenvalue weighted by Gasteiger charge is -2.14. The summed E-state index contributed by atoms with van der Waals surface area (Å²) in [7, 11) is 0. The molecule has 2 aromatic rings. The first-order chi connectivity index (χ1) is 9.60. The normalized spacial score (nSPS) is 12.4. The molecular formula is C17H19Cl2N. The minimum atomic E-state index is 0.0138. The molecule has 0 fully saturated rings. The van der Waals surface area contributed by atoms with E-state index in [2.05, 4.69) is 31.2 Å². The SMILES string of the molecule is CCc1ccc(CC(N)Cc2c(Cl)cccc2Cl)cc1. The van der Waals surface area contributed by atoms with Gasteiger partial charge in [-0.3, -0.25) is 0 Å². The Morgan fingerprint density at radius 2 is 1.45 bits per heavy atom. The first kappa shape index (κ1) is 15.4. The third-order valence-electron chi connectivity index (χ3n) is 3.46. The highest BCUT2D eigenvalue weighted by Crippen LogP contribution is 2.25. The number of nitrogens with two attached hydrogens (primary N) is 1. The Morgan fingerprint density at radius 1 is 0.900 bits per heavy atom. The first-order valence-corrected chi connectivity index (χ1v) is 7.62. The van der Waals surface area contributed by atoms with E-state index in [-0.39, 0.29) is 6.04 Å². The van der Waals surface area contributed by atoms with Crippen LogP contribution in [0.1, 0.15) is 23.6 Å². The summed E-state index contributed by atoms with van der Waals surface area (Å²) in [4.78, 5) is 0. The van der Waals surface area contributed by atoms with E-state index in [9.17, 15) is 0 Å². The molecule has 1 unspecified atom stereocenters. The highest BCUT2D eigenvalue weighted by molar-refractivity contribution is 6.36. The van der Waals surface area contributed by atoms with E-state index >= 15 is 0 Å². The van der Waals surface area contributed by atoms with Crippen LogP contribution in [-0.4, -0.2) is 6.04 Å². The molecule has 0 spiro atoms. The molecule has 2 rings (SSSR count). The van der Waals surface area contributed by atoms with Crippen molar-refractivity contribution in [2.24, 2.45) is 5.73 Å². The van der Waals surface area contributed by atoms with Gasteiger partial charge >= 0.3 is 0 Å². The first-order valence-electron chi connectivity index (χ1n) is 6.86. The maximum atomic E-state index is 6.23. The van der Waals surface area contributed by atoms with Crippen LogP contribution in [-0.2, 0) is 19.3 Å². The van der Waals surface area contributed by atoms with Crippen molar-refractivity contribution < 1.29 is 0 Å². The van der Waals surface area contributed by atoms with Gasteiger partial charge in [0.05, 0.1) is 0 Å². The molecular weight excluding hydrogens is 289 g/mol. The fourth-order valence-electron chi connectivity index (χ4n) is 2.28. The third kappa shape index (κ3) is 3.99. The van der Waals surface area contributed by atoms with Crippen LogP contribution in [0.25, 0.3) is 0 Å². The molecule has 106 valence electrons. The van der Waals surface area contributed by atoms with Gasteiger partial charge in [0.15, 0.2) is 0 Å². The summed E-state index contributed by atoms with van der Waals surface area (Å²) in [5, 5.41) is 1.38. The van der Waals surface area contributed by atoms with Gasteiger partial charge in [0.1, 0.15) is 0 Å². The Kier molecular flexibility index (Phi) is 5.47. The van der Waals surface area contributed by atoms with E-state index in [1.165, 1.54) is 11.1 Å². The quantitative estimate of drug-likeness (QED) is 0.853. The van der Waals surface area contributed by atoms with E-state index in [4.69, 9.17) is 28.9 Å². The van der Waals surface area contributed by atoms with Crippen LogP contribution in [0.2, 0.25) is 10.0 Å². The van der Waals surface area contributed by atoms with Crippen LogP contribution in [0.5, 0.6) is 0 Å². The molecule has 0 bridgehead atoms. The van der Waals surface area contributed by atoms with Crippen molar-refractivity contribution in [1.29, 1.82) is 0 Å². The summed E-state index contributed by atoms with van der Waals surface area (Å²) in [6, 6.07) is 14.2. The van der Waals surface area contributed by atoms with Crippen LogP contribution in [0, 0.1) is 0 Å². The minimum absolute atomic E-state index is 0.0138. The second-order valence-electron chi connectivity index (χ2n) is 5.04. The van der Waals surface area contributed by atoms with Crippen molar-refractivity contribution in [2.45, 2.75) is 32.2 Å². The smallest absolute Gasteiger partial charge is 0.0453 e. The largest absolute Gasteiger partial charge is 0.327 e. The molecule has 0 amide bonds. The van der Waals surface area contributed by atoms with Gasteiger partial charge in [0, 0.05) is 16.1 Å². The van der Waals surface area contributed by atoms with Crippen molar-refractivity contribution in [3.63, 3.8) is 0 Å². The van der Waals surface area contributed by atoms with Crippen molar-refractivity contribution >= 4 is 23.2 Å². The lowest BCUT2D eigenvalue weighted by atomic mass is 9.98. The zero-order valence-corrected chi connectivity index (χ0v) is 13.1. The maximum Gasteiger partial charge on any atom is 0.0453 e. The zero-order chi connectivity index (χ0) is 14.5. The Hall–Kier alpha value is -1.02. The van der Waals surface area contributed by atoms with Crippen LogP contribution in [0.15, 0.2) is 42.5 Å². The monoisotopic (exact) mass is 307 g/mol. The maximum absolute atomic E-state index is 6.23. The van der Waals surface area contributed by atoms with Crippen LogP contribution < -0.4 is 5.73 Å². The van der Waals surface area contributed by atoms with E-state index < -0.39 is 0 Å². The van der Waals surface area contributed by atoms with Gasteiger partial charge in [-0.1, -0.05) is 60.5 Å². The van der Waals surface area contributed by atoms with E-state index in [0.29, 0.717) is 16.5 Å². The number of rotatable bonds is 5. The predicted octanol–water partition coefficient (Wildman–Crippen LogP) is 4.67. The summed E-state index contributed by atoms with van der Waals surface area (Å²) in [6.45, 7) is 2.15. The molecule has 0 aliphatic rings. The Labute approximate surface area is 130 Å². The molecule has 1 nitrogen and oxygen atoms in total. The fourth-order valence-corrected chi connectivity index (χ4v) is 2.83. The molecule has 0 radical (unpaired) electrons. The highest BCUT2D eigenvalue weighted by atomic mass is 35.5. The second-order valence-corrected chi connectivity index (χ2v) is 5.85. The molecule has 0 saturated heterocycles. The van der Waals surface area contributed by atoms with Gasteiger partial charge in [-0.15, -0.1) is 0 Å².